The highest BCUT2D eigenvalue weighted by Crippen LogP contribution is 2.25. The maximum atomic E-state index is 11.9. The Hall–Kier alpha value is -3.01. The topological polar surface area (TPSA) is 122 Å². The predicted molar refractivity (Wildman–Crippen MR) is 84.3 cm³/mol. The molecule has 0 saturated carbocycles. The van der Waals surface area contributed by atoms with Crippen LogP contribution in [0.15, 0.2) is 23.8 Å². The van der Waals surface area contributed by atoms with Crippen LogP contribution in [-0.2, 0) is 9.59 Å². The number of nitrogens with zero attached hydrogens (tertiary/aromatic N) is 1. The van der Waals surface area contributed by atoms with Crippen LogP contribution in [0.3, 0.4) is 0 Å². The minimum Gasteiger partial charge on any atom is -0.504 e. The molecule has 0 aliphatic carbocycles. The van der Waals surface area contributed by atoms with Crippen LogP contribution in [0.2, 0.25) is 0 Å². The first-order valence-electron chi connectivity index (χ1n) is 6.85. The Balaban J connectivity index is 2.76. The fourth-order valence-electron chi connectivity index (χ4n) is 1.66. The molecular formula is C16H19N3O4. The van der Waals surface area contributed by atoms with E-state index in [-0.39, 0.29) is 29.5 Å². The first kappa shape index (κ1) is 18.0. The molecule has 0 aromatic heterocycles. The Labute approximate surface area is 134 Å². The predicted octanol–water partition coefficient (Wildman–Crippen LogP) is 1.04. The smallest absolute Gasteiger partial charge is 0.262 e. The largest absolute Gasteiger partial charge is 0.504 e. The molecule has 7 heteroatoms. The van der Waals surface area contributed by atoms with E-state index in [0.717, 1.165) is 0 Å². The summed E-state index contributed by atoms with van der Waals surface area (Å²) in [5.74, 6) is -1.74. The zero-order valence-corrected chi connectivity index (χ0v) is 13.2. The van der Waals surface area contributed by atoms with Crippen molar-refractivity contribution in [2.45, 2.75) is 26.3 Å². The highest BCUT2D eigenvalue weighted by molar-refractivity contribution is 6.03. The monoisotopic (exact) mass is 317 g/mol. The van der Waals surface area contributed by atoms with E-state index in [1.165, 1.54) is 24.3 Å². The molecule has 0 unspecified atom stereocenters. The third kappa shape index (κ3) is 6.09. The summed E-state index contributed by atoms with van der Waals surface area (Å²) >= 11 is 0. The Kier molecular flexibility index (Phi) is 5.74. The van der Waals surface area contributed by atoms with Crippen molar-refractivity contribution < 1.29 is 19.8 Å². The van der Waals surface area contributed by atoms with Gasteiger partial charge in [-0.2, -0.15) is 5.26 Å². The summed E-state index contributed by atoms with van der Waals surface area (Å²) in [5, 5.41) is 32.7. The number of amides is 2. The van der Waals surface area contributed by atoms with Crippen molar-refractivity contribution >= 4 is 17.9 Å². The van der Waals surface area contributed by atoms with Crippen LogP contribution >= 0.6 is 0 Å². The molecule has 0 aliphatic heterocycles. The van der Waals surface area contributed by atoms with Gasteiger partial charge in [0.2, 0.25) is 5.91 Å². The van der Waals surface area contributed by atoms with Crippen molar-refractivity contribution in [2.75, 3.05) is 6.54 Å². The van der Waals surface area contributed by atoms with Crippen LogP contribution in [0.25, 0.3) is 6.08 Å². The molecule has 1 aromatic carbocycles. The standard InChI is InChI=1S/C16H19N3O4/c1-16(2,3)19-14(22)9-18-15(23)11(8-17)6-10-4-5-12(20)13(21)7-10/h4-7,20-21H,9H2,1-3H3,(H,18,23)(H,19,22)/b11-6+. The quantitative estimate of drug-likeness (QED) is 0.375. The van der Waals surface area contributed by atoms with Gasteiger partial charge in [0, 0.05) is 5.54 Å². The summed E-state index contributed by atoms with van der Waals surface area (Å²) in [6.07, 6.45) is 1.25. The second-order valence-electron chi connectivity index (χ2n) is 5.90. The lowest BCUT2D eigenvalue weighted by molar-refractivity contribution is -0.125. The number of hydrogen-bond acceptors (Lipinski definition) is 5. The van der Waals surface area contributed by atoms with Crippen molar-refractivity contribution in [3.63, 3.8) is 0 Å². The van der Waals surface area contributed by atoms with E-state index in [2.05, 4.69) is 10.6 Å². The maximum absolute atomic E-state index is 11.9. The van der Waals surface area contributed by atoms with E-state index >= 15 is 0 Å². The number of carbonyl (C=O) groups is 2. The van der Waals surface area contributed by atoms with Gasteiger partial charge < -0.3 is 20.8 Å². The molecule has 122 valence electrons. The normalized spacial score (nSPS) is 11.5. The van der Waals surface area contributed by atoms with Crippen molar-refractivity contribution in [1.82, 2.24) is 10.6 Å². The Bertz CT molecular complexity index is 682. The summed E-state index contributed by atoms with van der Waals surface area (Å²) in [6.45, 7) is 5.18. The molecule has 0 spiro atoms. The van der Waals surface area contributed by atoms with Gasteiger partial charge in [0.05, 0.1) is 6.54 Å². The molecule has 7 nitrogen and oxygen atoms in total. The van der Waals surface area contributed by atoms with E-state index in [1.807, 2.05) is 20.8 Å². The van der Waals surface area contributed by atoms with Crippen molar-refractivity contribution in [3.05, 3.63) is 29.3 Å². The second-order valence-corrected chi connectivity index (χ2v) is 5.90. The van der Waals surface area contributed by atoms with E-state index in [1.54, 1.807) is 6.07 Å². The molecule has 1 rings (SSSR count). The molecule has 1 aromatic rings. The van der Waals surface area contributed by atoms with Gasteiger partial charge in [-0.3, -0.25) is 9.59 Å². The summed E-state index contributed by atoms with van der Waals surface area (Å²) < 4.78 is 0. The van der Waals surface area contributed by atoms with Crippen molar-refractivity contribution in [2.24, 2.45) is 0 Å². The van der Waals surface area contributed by atoms with Crippen LogP contribution in [0, 0.1) is 11.3 Å². The number of rotatable bonds is 4. The van der Waals surface area contributed by atoms with E-state index < -0.39 is 11.4 Å². The van der Waals surface area contributed by atoms with Gasteiger partial charge in [-0.05, 0) is 44.5 Å². The second kappa shape index (κ2) is 7.31. The van der Waals surface area contributed by atoms with Crippen LogP contribution in [-0.4, -0.2) is 34.1 Å². The number of phenolic OH excluding ortho intramolecular Hbond substituents is 2. The first-order valence-corrected chi connectivity index (χ1v) is 6.85. The molecule has 0 atom stereocenters. The molecule has 23 heavy (non-hydrogen) atoms. The van der Waals surface area contributed by atoms with Gasteiger partial charge in [-0.15, -0.1) is 0 Å². The third-order valence-electron chi connectivity index (χ3n) is 2.60. The number of carbonyl (C=O) groups excluding carboxylic acids is 2. The van der Waals surface area contributed by atoms with Gasteiger partial charge in [0.1, 0.15) is 11.6 Å². The summed E-state index contributed by atoms with van der Waals surface area (Å²) in [4.78, 5) is 23.5. The van der Waals surface area contributed by atoms with E-state index in [0.29, 0.717) is 5.56 Å². The highest BCUT2D eigenvalue weighted by atomic mass is 16.3. The number of nitriles is 1. The molecule has 0 bridgehead atoms. The van der Waals surface area contributed by atoms with Gasteiger partial charge in [-0.25, -0.2) is 0 Å². The number of phenols is 2. The van der Waals surface area contributed by atoms with Crippen molar-refractivity contribution in [3.8, 4) is 17.6 Å². The van der Waals surface area contributed by atoms with Gasteiger partial charge in [0.15, 0.2) is 11.5 Å². The summed E-state index contributed by atoms with van der Waals surface area (Å²) in [5.41, 5.74) is -0.274. The van der Waals surface area contributed by atoms with Gasteiger partial charge in [0.25, 0.3) is 5.91 Å². The van der Waals surface area contributed by atoms with Crippen LogP contribution in [0.5, 0.6) is 11.5 Å². The lowest BCUT2D eigenvalue weighted by atomic mass is 10.1. The fraction of sp³-hybridized carbons (Fsp3) is 0.312. The third-order valence-corrected chi connectivity index (χ3v) is 2.60. The first-order chi connectivity index (χ1) is 10.6. The van der Waals surface area contributed by atoms with E-state index in [9.17, 15) is 19.8 Å². The number of nitrogens with one attached hydrogen (secondary N) is 2. The Morgan fingerprint density at radius 2 is 1.91 bits per heavy atom. The Morgan fingerprint density at radius 3 is 2.43 bits per heavy atom. The van der Waals surface area contributed by atoms with Crippen LogP contribution in [0.1, 0.15) is 26.3 Å². The summed E-state index contributed by atoms with van der Waals surface area (Å²) in [7, 11) is 0. The SMILES string of the molecule is CC(C)(C)NC(=O)CNC(=O)/C(C#N)=C/c1ccc(O)c(O)c1. The average Bonchev–Trinajstić information content (AvgIpc) is 2.44. The molecule has 2 amide bonds. The molecule has 0 heterocycles. The molecule has 0 aliphatic rings. The number of aromatic hydroxyl groups is 2. The molecule has 0 saturated heterocycles. The van der Waals surface area contributed by atoms with Crippen LogP contribution < -0.4 is 10.6 Å². The van der Waals surface area contributed by atoms with E-state index in [4.69, 9.17) is 5.26 Å². The zero-order valence-electron chi connectivity index (χ0n) is 13.2. The van der Waals surface area contributed by atoms with Gasteiger partial charge in [-0.1, -0.05) is 6.07 Å². The highest BCUT2D eigenvalue weighted by Gasteiger charge is 2.15. The number of benzene rings is 1. The minimum atomic E-state index is -0.705. The fourth-order valence-corrected chi connectivity index (χ4v) is 1.66. The van der Waals surface area contributed by atoms with Gasteiger partial charge >= 0.3 is 0 Å². The molecule has 0 radical (unpaired) electrons. The maximum Gasteiger partial charge on any atom is 0.262 e. The average molecular weight is 317 g/mol. The minimum absolute atomic E-state index is 0.223. The summed E-state index contributed by atoms with van der Waals surface area (Å²) in [6, 6.07) is 5.62. The van der Waals surface area contributed by atoms with Crippen LogP contribution in [0.4, 0.5) is 0 Å². The molecule has 4 N–H and O–H groups in total. The van der Waals surface area contributed by atoms with Crippen molar-refractivity contribution in [1.29, 1.82) is 5.26 Å². The lowest BCUT2D eigenvalue weighted by Gasteiger charge is -2.20. The molecule has 0 fully saturated rings. The zero-order chi connectivity index (χ0) is 17.6. The Morgan fingerprint density at radius 1 is 1.26 bits per heavy atom. The lowest BCUT2D eigenvalue weighted by Crippen LogP contribution is -2.46. The number of hydrogen-bond donors (Lipinski definition) is 4. The molecular weight excluding hydrogens is 298 g/mol.